The lowest BCUT2D eigenvalue weighted by molar-refractivity contribution is -0.362. The molecule has 10 rings (SSSR count). The SMILES string of the molecule is O=C(OC(CS(=O)(=O)[O-])(C(F)(F)F)C(F)(F)F)C1C2c3ccccc3C(c3ccccc32)C1c1ccccc1OC(=O)C12CC3CC(CC(C3)C1)C2. The highest BCUT2D eigenvalue weighted by atomic mass is 32.2. The molecule has 6 bridgehead atoms. The van der Waals surface area contributed by atoms with Crippen molar-refractivity contribution in [1.29, 1.82) is 0 Å². The molecule has 0 heterocycles. The van der Waals surface area contributed by atoms with Crippen LogP contribution in [0.4, 0.5) is 26.3 Å². The molecule has 4 fully saturated rings. The highest BCUT2D eigenvalue weighted by Gasteiger charge is 2.75. The van der Waals surface area contributed by atoms with Crippen LogP contribution in [-0.4, -0.2) is 48.6 Å². The van der Waals surface area contributed by atoms with Gasteiger partial charge in [0.05, 0.1) is 27.2 Å². The van der Waals surface area contributed by atoms with Crippen molar-refractivity contribution in [3.63, 3.8) is 0 Å². The molecule has 2 atom stereocenters. The molecule has 0 aliphatic heterocycles. The number of para-hydroxylation sites is 1. The molecule has 0 saturated heterocycles. The summed E-state index contributed by atoms with van der Waals surface area (Å²) < 4.78 is 132. The second-order valence-electron chi connectivity index (χ2n) is 15.3. The lowest BCUT2D eigenvalue weighted by atomic mass is 9.49. The summed E-state index contributed by atoms with van der Waals surface area (Å²) in [5.74, 6) is -9.34. The average molecular weight is 748 g/mol. The van der Waals surface area contributed by atoms with Gasteiger partial charge in [-0.3, -0.25) is 9.59 Å². The predicted molar refractivity (Wildman–Crippen MR) is 171 cm³/mol. The summed E-state index contributed by atoms with van der Waals surface area (Å²) in [4.78, 5) is 28.5. The zero-order chi connectivity index (χ0) is 37.0. The van der Waals surface area contributed by atoms with Gasteiger partial charge in [0.25, 0.3) is 0 Å². The van der Waals surface area contributed by atoms with Gasteiger partial charge in [-0.25, -0.2) is 8.42 Å². The fourth-order valence-electron chi connectivity index (χ4n) is 10.7. The molecule has 7 aliphatic carbocycles. The average Bonchev–Trinajstić information content (AvgIpc) is 3.05. The third-order valence-electron chi connectivity index (χ3n) is 12.2. The van der Waals surface area contributed by atoms with E-state index in [0.29, 0.717) is 59.3 Å². The van der Waals surface area contributed by atoms with E-state index in [-0.39, 0.29) is 11.3 Å². The molecule has 3 aromatic carbocycles. The van der Waals surface area contributed by atoms with Crippen LogP contribution in [0.2, 0.25) is 0 Å². The molecular formula is C38H33F6O7S-. The highest BCUT2D eigenvalue weighted by Crippen LogP contribution is 2.64. The Bertz CT molecular complexity index is 1960. The summed E-state index contributed by atoms with van der Waals surface area (Å²) in [7, 11) is -6.26. The van der Waals surface area contributed by atoms with Gasteiger partial charge < -0.3 is 14.0 Å². The molecule has 14 heteroatoms. The number of carbonyl (C=O) groups excluding carboxylic acids is 2. The van der Waals surface area contributed by atoms with Gasteiger partial charge in [0.1, 0.15) is 5.75 Å². The number of esters is 2. The van der Waals surface area contributed by atoms with Crippen molar-refractivity contribution in [3.8, 4) is 5.75 Å². The highest BCUT2D eigenvalue weighted by molar-refractivity contribution is 7.85. The third-order valence-corrected chi connectivity index (χ3v) is 13.0. The Kier molecular flexibility index (Phi) is 7.97. The van der Waals surface area contributed by atoms with Gasteiger partial charge in [0.2, 0.25) is 0 Å². The first-order valence-corrected chi connectivity index (χ1v) is 18.8. The molecule has 4 saturated carbocycles. The summed E-state index contributed by atoms with van der Waals surface area (Å²) in [5.41, 5.74) is -3.90. The van der Waals surface area contributed by atoms with Crippen LogP contribution in [0.25, 0.3) is 0 Å². The number of halogens is 6. The molecule has 7 aliphatic rings. The summed E-state index contributed by atoms with van der Waals surface area (Å²) in [6, 6.07) is 19.7. The van der Waals surface area contributed by atoms with Gasteiger partial charge in [0.15, 0.2) is 0 Å². The normalized spacial score (nSPS) is 30.4. The smallest absolute Gasteiger partial charge is 0.438 e. The Balaban J connectivity index is 1.27. The molecular weight excluding hydrogens is 714 g/mol. The standard InChI is InChI=1S/C38H34F6O7S/c39-37(40,41)36(38(42,43)44,19-52(47,48)49)51-33(45)32-30-25-9-3-1-7-23(25)29(24-8-2-4-10-26(24)30)31(32)27-11-5-6-12-28(27)50-34(46)35-16-20-13-21(17-35)15-22(14-20)18-35/h1-12,20-22,29-32H,13-19H2,(H,47,48,49)/p-1. The first-order valence-electron chi connectivity index (χ1n) is 17.2. The molecule has 7 nitrogen and oxygen atoms in total. The Morgan fingerprint density at radius 2 is 1.12 bits per heavy atom. The Morgan fingerprint density at radius 3 is 1.56 bits per heavy atom. The maximum Gasteiger partial charge on any atom is 0.438 e. The van der Waals surface area contributed by atoms with Gasteiger partial charge in [-0.05, 0) is 90.2 Å². The summed E-state index contributed by atoms with van der Waals surface area (Å²) in [6.45, 7) is 0. The van der Waals surface area contributed by atoms with Gasteiger partial charge in [0, 0.05) is 17.8 Å². The number of carbonyl (C=O) groups is 2. The number of fused-ring (bicyclic) bond motifs is 1. The quantitative estimate of drug-likeness (QED) is 0.105. The largest absolute Gasteiger partial charge is 0.748 e. The lowest BCUT2D eigenvalue weighted by Crippen LogP contribution is -2.64. The van der Waals surface area contributed by atoms with Crippen LogP contribution in [0.5, 0.6) is 5.75 Å². The number of alkyl halides is 6. The first-order chi connectivity index (χ1) is 24.4. The second kappa shape index (κ2) is 11.8. The maximum atomic E-state index is 14.5. The van der Waals surface area contributed by atoms with E-state index in [1.165, 1.54) is 12.1 Å². The molecule has 52 heavy (non-hydrogen) atoms. The van der Waals surface area contributed by atoms with Crippen molar-refractivity contribution in [2.45, 2.75) is 74.2 Å². The second-order valence-corrected chi connectivity index (χ2v) is 16.7. The fourth-order valence-corrected chi connectivity index (χ4v) is 11.6. The van der Waals surface area contributed by atoms with Crippen LogP contribution in [-0.2, 0) is 24.4 Å². The van der Waals surface area contributed by atoms with Crippen molar-refractivity contribution >= 4 is 22.1 Å². The van der Waals surface area contributed by atoms with Gasteiger partial charge in [-0.1, -0.05) is 66.7 Å². The van der Waals surface area contributed by atoms with E-state index in [9.17, 15) is 48.9 Å². The number of hydrogen-bond donors (Lipinski definition) is 0. The summed E-state index contributed by atoms with van der Waals surface area (Å²) >= 11 is 0. The van der Waals surface area contributed by atoms with Crippen LogP contribution < -0.4 is 4.74 Å². The monoisotopic (exact) mass is 747 g/mol. The van der Waals surface area contributed by atoms with Crippen molar-refractivity contribution in [1.82, 2.24) is 0 Å². The molecule has 3 aromatic rings. The van der Waals surface area contributed by atoms with E-state index < -0.39 is 74.8 Å². The van der Waals surface area contributed by atoms with Gasteiger partial charge >= 0.3 is 29.9 Å². The minimum atomic E-state index is -6.54. The zero-order valence-corrected chi connectivity index (χ0v) is 28.3. The lowest BCUT2D eigenvalue weighted by Gasteiger charge is -2.55. The van der Waals surface area contributed by atoms with Crippen molar-refractivity contribution in [2.75, 3.05) is 5.75 Å². The predicted octanol–water partition coefficient (Wildman–Crippen LogP) is 7.75. The minimum Gasteiger partial charge on any atom is -0.748 e. The Hall–Kier alpha value is -3.91. The van der Waals surface area contributed by atoms with E-state index >= 15 is 0 Å². The van der Waals surface area contributed by atoms with Crippen molar-refractivity contribution < 1.29 is 58.4 Å². The number of rotatable bonds is 7. The van der Waals surface area contributed by atoms with Crippen LogP contribution in [0.1, 0.15) is 84.1 Å². The minimum absolute atomic E-state index is 0.0219. The van der Waals surface area contributed by atoms with Crippen LogP contribution in [0.3, 0.4) is 0 Å². The zero-order valence-electron chi connectivity index (χ0n) is 27.5. The first kappa shape index (κ1) is 35.1. The Labute approximate surface area is 295 Å². The van der Waals surface area contributed by atoms with E-state index in [1.54, 1.807) is 60.7 Å². The summed E-state index contributed by atoms with van der Waals surface area (Å²) in [6.07, 6.45) is -7.90. The number of hydrogen-bond acceptors (Lipinski definition) is 7. The molecule has 0 spiro atoms. The van der Waals surface area contributed by atoms with Crippen LogP contribution in [0.15, 0.2) is 72.8 Å². The maximum absolute atomic E-state index is 14.5. The Morgan fingerprint density at radius 1 is 0.692 bits per heavy atom. The molecule has 0 N–H and O–H groups in total. The molecule has 0 radical (unpaired) electrons. The number of benzene rings is 3. The van der Waals surface area contributed by atoms with E-state index in [1.807, 2.05) is 0 Å². The molecule has 2 unspecified atom stereocenters. The van der Waals surface area contributed by atoms with Crippen LogP contribution in [0, 0.1) is 29.1 Å². The number of ether oxygens (including phenoxy) is 2. The van der Waals surface area contributed by atoms with Gasteiger partial charge in [-0.15, -0.1) is 0 Å². The van der Waals surface area contributed by atoms with Gasteiger partial charge in [-0.2, -0.15) is 26.3 Å². The van der Waals surface area contributed by atoms with Crippen molar-refractivity contribution in [2.24, 2.45) is 29.1 Å². The topological polar surface area (TPSA) is 110 Å². The third kappa shape index (κ3) is 5.45. The molecule has 0 aromatic heterocycles. The van der Waals surface area contributed by atoms with Crippen molar-refractivity contribution in [3.05, 3.63) is 101 Å². The molecule has 276 valence electrons. The summed E-state index contributed by atoms with van der Waals surface area (Å²) in [5, 5.41) is 0. The van der Waals surface area contributed by atoms with E-state index in [2.05, 4.69) is 4.74 Å². The van der Waals surface area contributed by atoms with E-state index in [4.69, 9.17) is 4.74 Å². The van der Waals surface area contributed by atoms with Crippen LogP contribution >= 0.6 is 0 Å². The molecule has 0 amide bonds. The van der Waals surface area contributed by atoms with E-state index in [0.717, 1.165) is 19.3 Å². The fraction of sp³-hybridized carbons (Fsp3) is 0.474.